The van der Waals surface area contributed by atoms with Gasteiger partial charge in [-0.05, 0) is 6.92 Å². The molecule has 2 rings (SSSR count). The minimum Gasteiger partial charge on any atom is -0.391 e. The van der Waals surface area contributed by atoms with E-state index in [0.717, 1.165) is 0 Å². The van der Waals surface area contributed by atoms with Crippen molar-refractivity contribution in [1.29, 1.82) is 0 Å². The summed E-state index contributed by atoms with van der Waals surface area (Å²) in [5.74, 6) is 0. The van der Waals surface area contributed by atoms with Crippen LogP contribution in [0.5, 0.6) is 0 Å². The van der Waals surface area contributed by atoms with Gasteiger partial charge in [0.15, 0.2) is 0 Å². The molecule has 2 N–H and O–H groups in total. The fourth-order valence-corrected chi connectivity index (χ4v) is 1.58. The molecule has 0 saturated carbocycles. The van der Waals surface area contributed by atoms with Crippen LogP contribution in [0.2, 0.25) is 0 Å². The maximum Gasteiger partial charge on any atom is 0.330 e. The molecule has 1 saturated heterocycles. The average Bonchev–Trinajstić information content (AvgIpc) is 2.58. The van der Waals surface area contributed by atoms with Gasteiger partial charge in [-0.2, -0.15) is 0 Å². The number of nitrogens with one attached hydrogen (secondary N) is 1. The van der Waals surface area contributed by atoms with Crippen LogP contribution < -0.4 is 11.2 Å². The Morgan fingerprint density at radius 3 is 2.93 bits per heavy atom. The molecule has 0 aliphatic carbocycles. The fourth-order valence-electron chi connectivity index (χ4n) is 1.58. The Kier molecular flexibility index (Phi) is 2.45. The van der Waals surface area contributed by atoms with Crippen molar-refractivity contribution < 1.29 is 9.84 Å². The maximum absolute atomic E-state index is 11.4. The number of aromatic nitrogens is 2. The molecule has 1 aromatic heterocycles. The van der Waals surface area contributed by atoms with E-state index in [9.17, 15) is 14.7 Å². The number of rotatable bonds is 1. The fraction of sp³-hybridized carbons (Fsp3) is 0.556. The van der Waals surface area contributed by atoms with Gasteiger partial charge in [-0.1, -0.05) is 0 Å². The first-order chi connectivity index (χ1) is 7.08. The lowest BCUT2D eigenvalue weighted by molar-refractivity contribution is 0.0445. The van der Waals surface area contributed by atoms with Crippen LogP contribution in [0.3, 0.4) is 0 Å². The third-order valence-corrected chi connectivity index (χ3v) is 2.41. The second kappa shape index (κ2) is 3.63. The molecule has 0 aromatic carbocycles. The number of nitrogens with zero attached hydrogens (tertiary/aromatic N) is 1. The Morgan fingerprint density at radius 2 is 2.33 bits per heavy atom. The molecule has 0 radical (unpaired) electrons. The van der Waals surface area contributed by atoms with E-state index >= 15 is 0 Å². The third-order valence-electron chi connectivity index (χ3n) is 2.41. The summed E-state index contributed by atoms with van der Waals surface area (Å²) in [6.45, 7) is 1.83. The second-order valence-electron chi connectivity index (χ2n) is 3.66. The molecule has 15 heavy (non-hydrogen) atoms. The van der Waals surface area contributed by atoms with Gasteiger partial charge in [-0.15, -0.1) is 0 Å². The highest BCUT2D eigenvalue weighted by molar-refractivity contribution is 5.01. The Morgan fingerprint density at radius 1 is 1.60 bits per heavy atom. The van der Waals surface area contributed by atoms with Crippen molar-refractivity contribution in [1.82, 2.24) is 9.55 Å². The zero-order valence-corrected chi connectivity index (χ0v) is 8.27. The van der Waals surface area contributed by atoms with E-state index in [1.54, 1.807) is 6.92 Å². The van der Waals surface area contributed by atoms with E-state index in [-0.39, 0.29) is 6.61 Å². The van der Waals surface area contributed by atoms with Gasteiger partial charge in [0.05, 0.1) is 12.7 Å². The van der Waals surface area contributed by atoms with Crippen LogP contribution in [0.4, 0.5) is 0 Å². The predicted molar refractivity (Wildman–Crippen MR) is 51.7 cm³/mol. The van der Waals surface area contributed by atoms with Crippen molar-refractivity contribution in [3.8, 4) is 0 Å². The van der Waals surface area contributed by atoms with E-state index in [1.165, 1.54) is 10.8 Å². The number of aliphatic hydroxyl groups excluding tert-OH is 1. The number of hydrogen-bond donors (Lipinski definition) is 2. The number of H-pyrrole nitrogens is 1. The van der Waals surface area contributed by atoms with Crippen molar-refractivity contribution in [2.24, 2.45) is 0 Å². The standard InChI is InChI=1S/C9H12N2O4/c1-5-3-11(9(14)10-8(5)13)7-2-6(12)4-15-7/h3,6-7,12H,2,4H2,1H3,(H,10,13,14)/t6-,7-/m0/s1. The summed E-state index contributed by atoms with van der Waals surface area (Å²) in [7, 11) is 0. The van der Waals surface area contributed by atoms with Gasteiger partial charge in [0.2, 0.25) is 0 Å². The number of hydrogen-bond acceptors (Lipinski definition) is 4. The predicted octanol–water partition coefficient (Wildman–Crippen LogP) is -0.875. The van der Waals surface area contributed by atoms with E-state index in [2.05, 4.69) is 4.98 Å². The summed E-state index contributed by atoms with van der Waals surface area (Å²) in [5.41, 5.74) is -0.459. The molecule has 0 amide bonds. The third kappa shape index (κ3) is 1.86. The average molecular weight is 212 g/mol. The highest BCUT2D eigenvalue weighted by Crippen LogP contribution is 2.21. The summed E-state index contributed by atoms with van der Waals surface area (Å²) in [4.78, 5) is 24.7. The molecule has 0 bridgehead atoms. The van der Waals surface area contributed by atoms with Gasteiger partial charge >= 0.3 is 5.69 Å². The topological polar surface area (TPSA) is 84.3 Å². The smallest absolute Gasteiger partial charge is 0.330 e. The zero-order chi connectivity index (χ0) is 11.0. The van der Waals surface area contributed by atoms with E-state index < -0.39 is 23.6 Å². The highest BCUT2D eigenvalue weighted by atomic mass is 16.5. The first-order valence-corrected chi connectivity index (χ1v) is 4.69. The summed E-state index contributed by atoms with van der Waals surface area (Å²) in [6.07, 6.45) is 0.784. The Labute approximate surface area is 85.1 Å². The quantitative estimate of drug-likeness (QED) is 0.633. The van der Waals surface area contributed by atoms with Gasteiger partial charge in [-0.25, -0.2) is 4.79 Å². The normalized spacial score (nSPS) is 25.7. The van der Waals surface area contributed by atoms with Crippen LogP contribution in [0, 0.1) is 6.92 Å². The lowest BCUT2D eigenvalue weighted by Gasteiger charge is -2.12. The van der Waals surface area contributed by atoms with Crippen LogP contribution in [-0.2, 0) is 4.74 Å². The van der Waals surface area contributed by atoms with Gasteiger partial charge < -0.3 is 9.84 Å². The molecule has 82 valence electrons. The molecule has 0 spiro atoms. The lowest BCUT2D eigenvalue weighted by Crippen LogP contribution is -2.33. The van der Waals surface area contributed by atoms with E-state index in [4.69, 9.17) is 4.74 Å². The second-order valence-corrected chi connectivity index (χ2v) is 3.66. The molecular weight excluding hydrogens is 200 g/mol. The first-order valence-electron chi connectivity index (χ1n) is 4.69. The van der Waals surface area contributed by atoms with Gasteiger partial charge in [-0.3, -0.25) is 14.3 Å². The van der Waals surface area contributed by atoms with Crippen molar-refractivity contribution in [3.05, 3.63) is 32.6 Å². The molecular formula is C9H12N2O4. The number of aromatic amines is 1. The zero-order valence-electron chi connectivity index (χ0n) is 8.27. The Balaban J connectivity index is 2.41. The summed E-state index contributed by atoms with van der Waals surface area (Å²) < 4.78 is 6.52. The number of aryl methyl sites for hydroxylation is 1. The van der Waals surface area contributed by atoms with E-state index in [0.29, 0.717) is 12.0 Å². The lowest BCUT2D eigenvalue weighted by atomic mass is 10.3. The SMILES string of the molecule is Cc1cn([C@@H]2C[C@H](O)CO2)c(=O)[nH]c1=O. The van der Waals surface area contributed by atoms with Crippen LogP contribution >= 0.6 is 0 Å². The van der Waals surface area contributed by atoms with Crippen LogP contribution in [0.15, 0.2) is 15.8 Å². The molecule has 1 aliphatic heterocycles. The van der Waals surface area contributed by atoms with Crippen molar-refractivity contribution in [2.45, 2.75) is 25.7 Å². The summed E-state index contributed by atoms with van der Waals surface area (Å²) in [5, 5.41) is 9.26. The molecule has 1 aromatic rings. The molecule has 0 unspecified atom stereocenters. The monoisotopic (exact) mass is 212 g/mol. The van der Waals surface area contributed by atoms with Gasteiger partial charge in [0.25, 0.3) is 5.56 Å². The van der Waals surface area contributed by atoms with Crippen molar-refractivity contribution in [2.75, 3.05) is 6.61 Å². The minimum atomic E-state index is -0.547. The number of ether oxygens (including phenoxy) is 1. The minimum absolute atomic E-state index is 0.218. The first kappa shape index (κ1) is 10.1. The largest absolute Gasteiger partial charge is 0.391 e. The van der Waals surface area contributed by atoms with Crippen LogP contribution in [-0.4, -0.2) is 27.4 Å². The van der Waals surface area contributed by atoms with Gasteiger partial charge in [0, 0.05) is 18.2 Å². The summed E-state index contributed by atoms with van der Waals surface area (Å²) in [6, 6.07) is 0. The maximum atomic E-state index is 11.4. The molecule has 2 heterocycles. The molecule has 1 aliphatic rings. The van der Waals surface area contributed by atoms with Crippen LogP contribution in [0.25, 0.3) is 0 Å². The Hall–Kier alpha value is -1.40. The van der Waals surface area contributed by atoms with Crippen molar-refractivity contribution >= 4 is 0 Å². The van der Waals surface area contributed by atoms with Crippen LogP contribution in [0.1, 0.15) is 18.2 Å². The van der Waals surface area contributed by atoms with E-state index in [1.807, 2.05) is 0 Å². The number of aliphatic hydroxyl groups is 1. The molecule has 2 atom stereocenters. The summed E-state index contributed by atoms with van der Waals surface area (Å²) >= 11 is 0. The van der Waals surface area contributed by atoms with Gasteiger partial charge in [0.1, 0.15) is 6.23 Å². The highest BCUT2D eigenvalue weighted by Gasteiger charge is 2.25. The molecule has 6 nitrogen and oxygen atoms in total. The molecule has 6 heteroatoms. The Bertz CT molecular complexity index is 476. The molecule has 1 fully saturated rings. The van der Waals surface area contributed by atoms with Crippen molar-refractivity contribution in [3.63, 3.8) is 0 Å².